The molecule has 0 aliphatic heterocycles. The van der Waals surface area contributed by atoms with Gasteiger partial charge in [0, 0.05) is 19.1 Å². The number of amides is 1. The number of ether oxygens (including phenoxy) is 1. The first-order valence-electron chi connectivity index (χ1n) is 7.72. The van der Waals surface area contributed by atoms with Crippen LogP contribution in [0.4, 0.5) is 4.79 Å². The minimum Gasteiger partial charge on any atom is -0.444 e. The van der Waals surface area contributed by atoms with Crippen LogP contribution >= 0.6 is 0 Å². The number of hydrogen-bond acceptors (Lipinski definition) is 4. The molecule has 1 aliphatic rings. The molecule has 20 heavy (non-hydrogen) atoms. The number of nitrogens with two attached hydrogens (primary N) is 1. The van der Waals surface area contributed by atoms with Crippen molar-refractivity contribution in [3.8, 4) is 0 Å². The minimum atomic E-state index is -0.424. The first-order chi connectivity index (χ1) is 9.33. The molecular weight excluding hydrogens is 254 g/mol. The molecule has 5 nitrogen and oxygen atoms in total. The van der Waals surface area contributed by atoms with Crippen molar-refractivity contribution in [1.29, 1.82) is 0 Å². The van der Waals surface area contributed by atoms with Crippen LogP contribution in [0.25, 0.3) is 0 Å². The van der Waals surface area contributed by atoms with Crippen LogP contribution in [0.2, 0.25) is 0 Å². The Morgan fingerprint density at radius 1 is 1.30 bits per heavy atom. The Hall–Kier alpha value is -0.810. The molecule has 0 radical (unpaired) electrons. The van der Waals surface area contributed by atoms with Gasteiger partial charge in [0.15, 0.2) is 0 Å². The first-order valence-corrected chi connectivity index (χ1v) is 7.72. The highest BCUT2D eigenvalue weighted by molar-refractivity contribution is 5.68. The Balaban J connectivity index is 2.31. The van der Waals surface area contributed by atoms with E-state index in [0.717, 1.165) is 45.2 Å². The Kier molecular flexibility index (Phi) is 6.76. The van der Waals surface area contributed by atoms with Gasteiger partial charge in [0.25, 0.3) is 0 Å². The summed E-state index contributed by atoms with van der Waals surface area (Å²) in [5, 5.41) is 3.53. The fourth-order valence-corrected chi connectivity index (χ4v) is 2.56. The fraction of sp³-hybridized carbons (Fsp3) is 0.933. The van der Waals surface area contributed by atoms with Crippen LogP contribution in [0.15, 0.2) is 0 Å². The average molecular weight is 285 g/mol. The van der Waals surface area contributed by atoms with Crippen LogP contribution in [-0.2, 0) is 4.74 Å². The smallest absolute Gasteiger partial charge is 0.410 e. The highest BCUT2D eigenvalue weighted by atomic mass is 16.6. The Labute approximate surface area is 123 Å². The number of nitrogens with one attached hydrogen (secondary N) is 1. The van der Waals surface area contributed by atoms with Crippen LogP contribution in [0, 0.1) is 0 Å². The van der Waals surface area contributed by atoms with Crippen molar-refractivity contribution in [2.75, 3.05) is 20.1 Å². The van der Waals surface area contributed by atoms with E-state index in [2.05, 4.69) is 5.32 Å². The lowest BCUT2D eigenvalue weighted by Gasteiger charge is -2.35. The summed E-state index contributed by atoms with van der Waals surface area (Å²) in [4.78, 5) is 13.8. The van der Waals surface area contributed by atoms with E-state index in [1.807, 2.05) is 27.8 Å². The van der Waals surface area contributed by atoms with Gasteiger partial charge in [-0.2, -0.15) is 0 Å². The monoisotopic (exact) mass is 285 g/mol. The van der Waals surface area contributed by atoms with Gasteiger partial charge in [0.2, 0.25) is 0 Å². The van der Waals surface area contributed by atoms with Crippen LogP contribution in [0.1, 0.15) is 52.9 Å². The predicted octanol–water partition coefficient (Wildman–Crippen LogP) is 2.10. The van der Waals surface area contributed by atoms with Gasteiger partial charge in [-0.05, 0) is 66.0 Å². The van der Waals surface area contributed by atoms with Crippen molar-refractivity contribution < 1.29 is 9.53 Å². The molecule has 5 heteroatoms. The molecule has 0 unspecified atom stereocenters. The second-order valence-corrected chi connectivity index (χ2v) is 6.69. The standard InChI is InChI=1S/C15H31N3O2/c1-15(2,3)20-14(19)18(4)13-8-6-12(7-9-13)17-11-5-10-16/h12-13,17H,5-11,16H2,1-4H3. The third-order valence-corrected chi connectivity index (χ3v) is 3.74. The summed E-state index contributed by atoms with van der Waals surface area (Å²) in [5.41, 5.74) is 5.07. The lowest BCUT2D eigenvalue weighted by Crippen LogP contribution is -2.45. The highest BCUT2D eigenvalue weighted by Crippen LogP contribution is 2.23. The average Bonchev–Trinajstić information content (AvgIpc) is 2.37. The zero-order chi connectivity index (χ0) is 15.2. The van der Waals surface area contributed by atoms with Crippen LogP contribution < -0.4 is 11.1 Å². The van der Waals surface area contributed by atoms with Crippen LogP contribution in [0.3, 0.4) is 0 Å². The number of nitrogens with zero attached hydrogens (tertiary/aromatic N) is 1. The van der Waals surface area contributed by atoms with Gasteiger partial charge in [-0.1, -0.05) is 0 Å². The first kappa shape index (κ1) is 17.2. The van der Waals surface area contributed by atoms with E-state index < -0.39 is 5.60 Å². The molecule has 1 saturated carbocycles. The minimum absolute atomic E-state index is 0.211. The highest BCUT2D eigenvalue weighted by Gasteiger charge is 2.28. The van der Waals surface area contributed by atoms with Crippen molar-refractivity contribution in [3.63, 3.8) is 0 Å². The van der Waals surface area contributed by atoms with E-state index in [1.54, 1.807) is 4.90 Å². The number of carbonyl (C=O) groups excluding carboxylic acids is 1. The molecule has 0 saturated heterocycles. The SMILES string of the molecule is CN(C(=O)OC(C)(C)C)C1CCC(NCCCN)CC1. The van der Waals surface area contributed by atoms with E-state index in [-0.39, 0.29) is 6.09 Å². The van der Waals surface area contributed by atoms with Gasteiger partial charge in [-0.15, -0.1) is 0 Å². The lowest BCUT2D eigenvalue weighted by molar-refractivity contribution is 0.0179. The van der Waals surface area contributed by atoms with E-state index in [0.29, 0.717) is 12.1 Å². The maximum Gasteiger partial charge on any atom is 0.410 e. The zero-order valence-corrected chi connectivity index (χ0v) is 13.4. The summed E-state index contributed by atoms with van der Waals surface area (Å²) >= 11 is 0. The molecule has 0 atom stereocenters. The van der Waals surface area contributed by atoms with Gasteiger partial charge >= 0.3 is 6.09 Å². The fourth-order valence-electron chi connectivity index (χ4n) is 2.56. The number of hydrogen-bond donors (Lipinski definition) is 2. The molecule has 0 aromatic heterocycles. The summed E-state index contributed by atoms with van der Waals surface area (Å²) < 4.78 is 5.42. The van der Waals surface area contributed by atoms with Gasteiger partial charge in [-0.3, -0.25) is 0 Å². The van der Waals surface area contributed by atoms with Gasteiger partial charge in [-0.25, -0.2) is 4.79 Å². The molecule has 1 aliphatic carbocycles. The zero-order valence-electron chi connectivity index (χ0n) is 13.4. The summed E-state index contributed by atoms with van der Waals surface area (Å²) in [5.74, 6) is 0. The molecule has 0 aromatic carbocycles. The van der Waals surface area contributed by atoms with E-state index in [1.165, 1.54) is 0 Å². The summed E-state index contributed by atoms with van der Waals surface area (Å²) in [7, 11) is 1.85. The Morgan fingerprint density at radius 2 is 1.90 bits per heavy atom. The molecular formula is C15H31N3O2. The van der Waals surface area contributed by atoms with Crippen LogP contribution in [0.5, 0.6) is 0 Å². The second-order valence-electron chi connectivity index (χ2n) is 6.69. The maximum atomic E-state index is 12.0. The van der Waals surface area contributed by atoms with Crippen molar-refractivity contribution >= 4 is 6.09 Å². The van der Waals surface area contributed by atoms with Gasteiger partial charge in [0.05, 0.1) is 0 Å². The summed E-state index contributed by atoms with van der Waals surface area (Å²) in [6.45, 7) is 7.43. The molecule has 118 valence electrons. The van der Waals surface area contributed by atoms with Crippen molar-refractivity contribution in [2.24, 2.45) is 5.73 Å². The van der Waals surface area contributed by atoms with Gasteiger partial charge < -0.3 is 20.7 Å². The van der Waals surface area contributed by atoms with Gasteiger partial charge in [0.1, 0.15) is 5.60 Å². The number of carbonyl (C=O) groups is 1. The molecule has 0 bridgehead atoms. The quantitative estimate of drug-likeness (QED) is 0.759. The lowest BCUT2D eigenvalue weighted by atomic mass is 9.90. The third-order valence-electron chi connectivity index (χ3n) is 3.74. The van der Waals surface area contributed by atoms with E-state index in [4.69, 9.17) is 10.5 Å². The van der Waals surface area contributed by atoms with Crippen LogP contribution in [-0.4, -0.2) is 48.8 Å². The molecule has 0 spiro atoms. The van der Waals surface area contributed by atoms with E-state index in [9.17, 15) is 4.79 Å². The van der Waals surface area contributed by atoms with Crippen molar-refractivity contribution in [3.05, 3.63) is 0 Å². The van der Waals surface area contributed by atoms with Crippen molar-refractivity contribution in [2.45, 2.75) is 70.6 Å². The Bertz CT molecular complexity index is 294. The third kappa shape index (κ3) is 6.09. The maximum absolute atomic E-state index is 12.0. The van der Waals surface area contributed by atoms with Crippen molar-refractivity contribution in [1.82, 2.24) is 10.2 Å². The molecule has 1 amide bonds. The number of rotatable bonds is 5. The Morgan fingerprint density at radius 3 is 2.40 bits per heavy atom. The summed E-state index contributed by atoms with van der Waals surface area (Å²) in [6.07, 6.45) is 5.12. The second kappa shape index (κ2) is 7.84. The summed E-state index contributed by atoms with van der Waals surface area (Å²) in [6, 6.07) is 0.877. The van der Waals surface area contributed by atoms with E-state index >= 15 is 0 Å². The normalized spacial score (nSPS) is 23.4. The largest absolute Gasteiger partial charge is 0.444 e. The molecule has 1 rings (SSSR count). The molecule has 0 aromatic rings. The topological polar surface area (TPSA) is 67.6 Å². The molecule has 1 fully saturated rings. The predicted molar refractivity (Wildman–Crippen MR) is 81.7 cm³/mol. The molecule has 0 heterocycles. The molecule has 3 N–H and O–H groups in total.